The molecule has 0 aliphatic heterocycles. The maximum Gasteiger partial charge on any atom is 0.304 e. The second-order valence-corrected chi connectivity index (χ2v) is 3.53. The van der Waals surface area contributed by atoms with Gasteiger partial charge < -0.3 is 16.6 Å². The molecule has 0 spiro atoms. The fraction of sp³-hybridized carbons (Fsp3) is 0.364. The van der Waals surface area contributed by atoms with Crippen LogP contribution in [0, 0.1) is 0 Å². The van der Waals surface area contributed by atoms with E-state index in [4.69, 9.17) is 16.6 Å². The summed E-state index contributed by atoms with van der Waals surface area (Å²) in [5.41, 5.74) is 13.3. The fourth-order valence-electron chi connectivity index (χ4n) is 1.53. The Labute approximate surface area is 88.9 Å². The van der Waals surface area contributed by atoms with E-state index in [0.29, 0.717) is 13.0 Å². The first kappa shape index (κ1) is 11.7. The van der Waals surface area contributed by atoms with Crippen molar-refractivity contribution in [3.05, 3.63) is 35.4 Å². The molecule has 1 unspecified atom stereocenters. The second kappa shape index (κ2) is 5.48. The van der Waals surface area contributed by atoms with Crippen molar-refractivity contribution in [2.24, 2.45) is 11.5 Å². The third-order valence-corrected chi connectivity index (χ3v) is 2.26. The van der Waals surface area contributed by atoms with Crippen LogP contribution < -0.4 is 11.5 Å². The van der Waals surface area contributed by atoms with Gasteiger partial charge in [0, 0.05) is 12.6 Å². The molecular formula is C11H16N2O2. The molecule has 0 amide bonds. The minimum absolute atomic E-state index is 0.0150. The Balaban J connectivity index is 2.67. The van der Waals surface area contributed by atoms with Gasteiger partial charge in [0.2, 0.25) is 0 Å². The Bertz CT molecular complexity index is 339. The van der Waals surface area contributed by atoms with Crippen LogP contribution in [-0.2, 0) is 17.8 Å². The van der Waals surface area contributed by atoms with E-state index in [9.17, 15) is 4.79 Å². The van der Waals surface area contributed by atoms with Crippen LogP contribution in [0.3, 0.4) is 0 Å². The highest BCUT2D eigenvalue weighted by Crippen LogP contribution is 2.10. The quantitative estimate of drug-likeness (QED) is 0.657. The third-order valence-electron chi connectivity index (χ3n) is 2.26. The lowest BCUT2D eigenvalue weighted by molar-refractivity contribution is -0.137. The lowest BCUT2D eigenvalue weighted by Crippen LogP contribution is -2.26. The zero-order chi connectivity index (χ0) is 11.3. The second-order valence-electron chi connectivity index (χ2n) is 3.53. The molecule has 0 aliphatic carbocycles. The first-order valence-corrected chi connectivity index (χ1v) is 4.87. The number of carbonyl (C=O) groups is 1. The van der Waals surface area contributed by atoms with E-state index in [-0.39, 0.29) is 12.5 Å². The van der Waals surface area contributed by atoms with Gasteiger partial charge in [-0.15, -0.1) is 0 Å². The smallest absolute Gasteiger partial charge is 0.304 e. The van der Waals surface area contributed by atoms with Crippen molar-refractivity contribution in [3.8, 4) is 0 Å². The number of benzene rings is 1. The van der Waals surface area contributed by atoms with E-state index >= 15 is 0 Å². The summed E-state index contributed by atoms with van der Waals surface area (Å²) in [6, 6.07) is 7.33. The molecule has 0 saturated carbocycles. The average Bonchev–Trinajstić information content (AvgIpc) is 2.17. The normalized spacial score (nSPS) is 12.4. The van der Waals surface area contributed by atoms with E-state index < -0.39 is 5.97 Å². The molecule has 1 aromatic carbocycles. The minimum Gasteiger partial charge on any atom is -0.481 e. The van der Waals surface area contributed by atoms with Gasteiger partial charge in [0.05, 0.1) is 6.42 Å². The highest BCUT2D eigenvalue weighted by Gasteiger charge is 2.10. The molecule has 0 aliphatic rings. The molecule has 4 nitrogen and oxygen atoms in total. The van der Waals surface area contributed by atoms with Gasteiger partial charge >= 0.3 is 5.97 Å². The predicted octanol–water partition coefficient (Wildman–Crippen LogP) is 0.490. The van der Waals surface area contributed by atoms with E-state index in [1.165, 1.54) is 0 Å². The number of aliphatic carboxylic acids is 1. The molecule has 1 rings (SSSR count). The first-order valence-electron chi connectivity index (χ1n) is 4.87. The molecule has 1 aromatic rings. The Morgan fingerprint density at radius 1 is 1.33 bits per heavy atom. The average molecular weight is 208 g/mol. The summed E-state index contributed by atoms with van der Waals surface area (Å²) in [7, 11) is 0. The number of carboxylic acids is 1. The minimum atomic E-state index is -0.868. The van der Waals surface area contributed by atoms with Gasteiger partial charge in [0.15, 0.2) is 0 Å². The number of hydrogen-bond acceptors (Lipinski definition) is 3. The van der Waals surface area contributed by atoms with Crippen molar-refractivity contribution in [2.75, 3.05) is 0 Å². The van der Waals surface area contributed by atoms with Crippen molar-refractivity contribution in [1.82, 2.24) is 0 Å². The van der Waals surface area contributed by atoms with E-state index in [1.54, 1.807) is 0 Å². The first-order chi connectivity index (χ1) is 7.13. The molecule has 15 heavy (non-hydrogen) atoms. The van der Waals surface area contributed by atoms with E-state index in [0.717, 1.165) is 11.1 Å². The van der Waals surface area contributed by atoms with Crippen molar-refractivity contribution in [1.29, 1.82) is 0 Å². The molecule has 1 atom stereocenters. The van der Waals surface area contributed by atoms with Crippen LogP contribution in [0.25, 0.3) is 0 Å². The van der Waals surface area contributed by atoms with Gasteiger partial charge in [-0.2, -0.15) is 0 Å². The van der Waals surface area contributed by atoms with Crippen LogP contribution in [0.5, 0.6) is 0 Å². The standard InChI is InChI=1S/C11H16N2O2/c12-7-9-4-2-1-3-8(9)5-10(13)6-11(14)15/h1-4,10H,5-7,12-13H2,(H,14,15). The van der Waals surface area contributed by atoms with Crippen LogP contribution in [-0.4, -0.2) is 17.1 Å². The van der Waals surface area contributed by atoms with E-state index in [1.807, 2.05) is 24.3 Å². The SMILES string of the molecule is NCc1ccccc1CC(N)CC(=O)O. The third kappa shape index (κ3) is 3.69. The van der Waals surface area contributed by atoms with Crippen LogP contribution in [0.1, 0.15) is 17.5 Å². The molecule has 0 heterocycles. The lowest BCUT2D eigenvalue weighted by Gasteiger charge is -2.12. The van der Waals surface area contributed by atoms with E-state index in [2.05, 4.69) is 0 Å². The molecular weight excluding hydrogens is 192 g/mol. The summed E-state index contributed by atoms with van der Waals surface area (Å²) in [6.45, 7) is 0.454. The van der Waals surface area contributed by atoms with Gasteiger partial charge in [-0.1, -0.05) is 24.3 Å². The maximum absolute atomic E-state index is 10.4. The van der Waals surface area contributed by atoms with Crippen LogP contribution in [0.2, 0.25) is 0 Å². The number of carboxylic acid groups (broad SMARTS) is 1. The topological polar surface area (TPSA) is 89.3 Å². The zero-order valence-electron chi connectivity index (χ0n) is 8.52. The zero-order valence-corrected chi connectivity index (χ0v) is 8.52. The van der Waals surface area contributed by atoms with Gasteiger partial charge in [-0.25, -0.2) is 0 Å². The van der Waals surface area contributed by atoms with Gasteiger partial charge in [0.25, 0.3) is 0 Å². The monoisotopic (exact) mass is 208 g/mol. The lowest BCUT2D eigenvalue weighted by atomic mass is 9.99. The van der Waals surface area contributed by atoms with Crippen molar-refractivity contribution >= 4 is 5.97 Å². The largest absolute Gasteiger partial charge is 0.481 e. The van der Waals surface area contributed by atoms with Crippen molar-refractivity contribution < 1.29 is 9.90 Å². The van der Waals surface area contributed by atoms with Crippen molar-refractivity contribution in [2.45, 2.75) is 25.4 Å². The predicted molar refractivity (Wildman–Crippen MR) is 58.3 cm³/mol. The highest BCUT2D eigenvalue weighted by atomic mass is 16.4. The molecule has 4 heteroatoms. The number of hydrogen-bond donors (Lipinski definition) is 3. The molecule has 0 bridgehead atoms. The maximum atomic E-state index is 10.4. The highest BCUT2D eigenvalue weighted by molar-refractivity contribution is 5.67. The Morgan fingerprint density at radius 3 is 2.47 bits per heavy atom. The molecule has 82 valence electrons. The summed E-state index contributed by atoms with van der Waals surface area (Å²) < 4.78 is 0. The molecule has 0 aromatic heterocycles. The summed E-state index contributed by atoms with van der Waals surface area (Å²) >= 11 is 0. The van der Waals surface area contributed by atoms with Gasteiger partial charge in [-0.3, -0.25) is 4.79 Å². The summed E-state index contributed by atoms with van der Waals surface area (Å²) in [5, 5.41) is 8.58. The molecule has 5 N–H and O–H groups in total. The summed E-state index contributed by atoms with van der Waals surface area (Å²) in [4.78, 5) is 10.4. The molecule has 0 saturated heterocycles. The van der Waals surface area contributed by atoms with Crippen LogP contribution in [0.4, 0.5) is 0 Å². The van der Waals surface area contributed by atoms with Gasteiger partial charge in [0.1, 0.15) is 0 Å². The summed E-state index contributed by atoms with van der Waals surface area (Å²) in [6.07, 6.45) is 0.540. The Morgan fingerprint density at radius 2 is 1.93 bits per heavy atom. The Hall–Kier alpha value is -1.39. The molecule has 0 fully saturated rings. The summed E-state index contributed by atoms with van der Waals surface area (Å²) in [5.74, 6) is -0.868. The van der Waals surface area contributed by atoms with Crippen LogP contribution in [0.15, 0.2) is 24.3 Å². The fourth-order valence-corrected chi connectivity index (χ4v) is 1.53. The van der Waals surface area contributed by atoms with Crippen LogP contribution >= 0.6 is 0 Å². The molecule has 0 radical (unpaired) electrons. The number of rotatable bonds is 5. The van der Waals surface area contributed by atoms with Crippen molar-refractivity contribution in [3.63, 3.8) is 0 Å². The van der Waals surface area contributed by atoms with Gasteiger partial charge in [-0.05, 0) is 17.5 Å². The number of nitrogens with two attached hydrogens (primary N) is 2. The Kier molecular flexibility index (Phi) is 4.27.